The van der Waals surface area contributed by atoms with Gasteiger partial charge in [0.2, 0.25) is 0 Å². The van der Waals surface area contributed by atoms with E-state index in [1.807, 2.05) is 35.3 Å². The molecule has 3 heterocycles. The number of benzene rings is 1. The van der Waals surface area contributed by atoms with Crippen molar-refractivity contribution < 1.29 is 4.74 Å². The van der Waals surface area contributed by atoms with E-state index >= 15 is 0 Å². The number of hydrogen-bond donors (Lipinski definition) is 1. The van der Waals surface area contributed by atoms with Crippen LogP contribution in [0.4, 0.5) is 0 Å². The minimum atomic E-state index is 0.786. The van der Waals surface area contributed by atoms with Crippen LogP contribution in [-0.4, -0.2) is 51.2 Å². The van der Waals surface area contributed by atoms with Crippen molar-refractivity contribution in [2.75, 3.05) is 26.3 Å². The number of halogens is 1. The van der Waals surface area contributed by atoms with E-state index in [9.17, 15) is 0 Å². The highest BCUT2D eigenvalue weighted by Gasteiger charge is 2.13. The second-order valence-corrected chi connectivity index (χ2v) is 6.49. The van der Waals surface area contributed by atoms with Gasteiger partial charge in [0, 0.05) is 49.5 Å². The van der Waals surface area contributed by atoms with Crippen molar-refractivity contribution in [1.29, 1.82) is 0 Å². The lowest BCUT2D eigenvalue weighted by Crippen LogP contribution is -2.35. The second-order valence-electron chi connectivity index (χ2n) is 6.09. The molecule has 0 amide bonds. The van der Waals surface area contributed by atoms with Gasteiger partial charge >= 0.3 is 0 Å². The molecule has 0 radical (unpaired) electrons. The minimum absolute atomic E-state index is 0.786. The Morgan fingerprint density at radius 1 is 1.25 bits per heavy atom. The lowest BCUT2D eigenvalue weighted by atomic mass is 10.1. The molecule has 1 fully saturated rings. The molecule has 2 aromatic heterocycles. The van der Waals surface area contributed by atoms with E-state index in [4.69, 9.17) is 16.3 Å². The molecule has 4 rings (SSSR count). The maximum Gasteiger partial charge on any atom is 0.0967 e. The zero-order valence-electron chi connectivity index (χ0n) is 13.4. The first-order valence-corrected chi connectivity index (χ1v) is 8.61. The molecule has 7 heteroatoms. The smallest absolute Gasteiger partial charge is 0.0967 e. The summed E-state index contributed by atoms with van der Waals surface area (Å²) >= 11 is 6.33. The van der Waals surface area contributed by atoms with Gasteiger partial charge in [-0.05, 0) is 24.1 Å². The molecule has 6 nitrogen and oxygen atoms in total. The number of rotatable bonds is 5. The molecule has 0 saturated carbocycles. The van der Waals surface area contributed by atoms with E-state index in [0.717, 1.165) is 67.4 Å². The largest absolute Gasteiger partial charge is 0.379 e. The van der Waals surface area contributed by atoms with Gasteiger partial charge in [-0.1, -0.05) is 22.9 Å². The molecule has 0 unspecified atom stereocenters. The van der Waals surface area contributed by atoms with Gasteiger partial charge in [-0.15, -0.1) is 5.10 Å². The number of aromatic amines is 1. The van der Waals surface area contributed by atoms with Crippen LogP contribution >= 0.6 is 11.6 Å². The van der Waals surface area contributed by atoms with Gasteiger partial charge in [0.15, 0.2) is 0 Å². The highest BCUT2D eigenvalue weighted by atomic mass is 35.5. The summed E-state index contributed by atoms with van der Waals surface area (Å²) in [6.07, 6.45) is 4.93. The van der Waals surface area contributed by atoms with Gasteiger partial charge in [0.25, 0.3) is 0 Å². The maximum absolute atomic E-state index is 6.33. The lowest BCUT2D eigenvalue weighted by Gasteiger charge is -2.25. The summed E-state index contributed by atoms with van der Waals surface area (Å²) in [5, 5.41) is 10.4. The Kier molecular flexibility index (Phi) is 4.51. The van der Waals surface area contributed by atoms with Crippen molar-refractivity contribution in [2.24, 2.45) is 0 Å². The van der Waals surface area contributed by atoms with E-state index in [1.165, 1.54) is 5.56 Å². The van der Waals surface area contributed by atoms with Crippen molar-refractivity contribution in [1.82, 2.24) is 24.9 Å². The van der Waals surface area contributed by atoms with Crippen molar-refractivity contribution in [3.8, 4) is 0 Å². The number of morpholine rings is 1. The highest BCUT2D eigenvalue weighted by Crippen LogP contribution is 2.26. The molecular weight excluding hydrogens is 326 g/mol. The third kappa shape index (κ3) is 3.31. The van der Waals surface area contributed by atoms with E-state index in [0.29, 0.717) is 0 Å². The summed E-state index contributed by atoms with van der Waals surface area (Å²) in [6, 6.07) is 5.93. The van der Waals surface area contributed by atoms with E-state index in [1.54, 1.807) is 0 Å². The number of aromatic nitrogens is 4. The standard InChI is InChI=1S/C17H20ClN5O/c18-15-2-1-3-16-17(15)13(10-19-16)4-5-23-12-14(20-21-23)11-22-6-8-24-9-7-22/h1-3,10,12,19H,4-9,11H2. The summed E-state index contributed by atoms with van der Waals surface area (Å²) in [7, 11) is 0. The summed E-state index contributed by atoms with van der Waals surface area (Å²) in [5.41, 5.74) is 3.29. The van der Waals surface area contributed by atoms with Gasteiger partial charge in [-0.3, -0.25) is 9.58 Å². The van der Waals surface area contributed by atoms with Crippen LogP contribution in [0, 0.1) is 0 Å². The number of nitrogens with zero attached hydrogens (tertiary/aromatic N) is 4. The first kappa shape index (κ1) is 15.6. The summed E-state index contributed by atoms with van der Waals surface area (Å²) in [6.45, 7) is 5.14. The van der Waals surface area contributed by atoms with Crippen molar-refractivity contribution in [3.63, 3.8) is 0 Å². The Balaban J connectivity index is 1.40. The van der Waals surface area contributed by atoms with E-state index < -0.39 is 0 Å². The lowest BCUT2D eigenvalue weighted by molar-refractivity contribution is 0.0336. The normalized spacial score (nSPS) is 16.0. The fourth-order valence-electron chi connectivity index (χ4n) is 3.15. The number of hydrogen-bond acceptors (Lipinski definition) is 4. The predicted molar refractivity (Wildman–Crippen MR) is 93.1 cm³/mol. The quantitative estimate of drug-likeness (QED) is 0.771. The number of fused-ring (bicyclic) bond motifs is 1. The van der Waals surface area contributed by atoms with Crippen LogP contribution in [-0.2, 0) is 24.2 Å². The molecule has 1 aliphatic heterocycles. The molecule has 1 saturated heterocycles. The van der Waals surface area contributed by atoms with Gasteiger partial charge in [0.1, 0.15) is 0 Å². The van der Waals surface area contributed by atoms with Crippen LogP contribution in [0.2, 0.25) is 5.02 Å². The number of nitrogens with one attached hydrogen (secondary N) is 1. The van der Waals surface area contributed by atoms with Gasteiger partial charge in [-0.2, -0.15) is 0 Å². The Morgan fingerprint density at radius 3 is 3.00 bits per heavy atom. The second kappa shape index (κ2) is 6.93. The van der Waals surface area contributed by atoms with Crippen LogP contribution in [0.3, 0.4) is 0 Å². The molecular formula is C17H20ClN5O. The molecule has 1 N–H and O–H groups in total. The predicted octanol–water partition coefficient (Wildman–Crippen LogP) is 2.49. The molecule has 24 heavy (non-hydrogen) atoms. The molecule has 0 aliphatic carbocycles. The monoisotopic (exact) mass is 345 g/mol. The van der Waals surface area contributed by atoms with E-state index in [2.05, 4.69) is 20.2 Å². The number of H-pyrrole nitrogens is 1. The van der Waals surface area contributed by atoms with Crippen molar-refractivity contribution >= 4 is 22.5 Å². The Morgan fingerprint density at radius 2 is 2.12 bits per heavy atom. The van der Waals surface area contributed by atoms with Crippen LogP contribution in [0.1, 0.15) is 11.3 Å². The van der Waals surface area contributed by atoms with Crippen molar-refractivity contribution in [2.45, 2.75) is 19.5 Å². The van der Waals surface area contributed by atoms with Crippen LogP contribution in [0.15, 0.2) is 30.6 Å². The average Bonchev–Trinajstić information content (AvgIpc) is 3.21. The third-order valence-corrected chi connectivity index (χ3v) is 4.74. The summed E-state index contributed by atoms with van der Waals surface area (Å²) in [5.74, 6) is 0. The summed E-state index contributed by atoms with van der Waals surface area (Å²) < 4.78 is 7.28. The van der Waals surface area contributed by atoms with Crippen molar-refractivity contribution in [3.05, 3.63) is 46.9 Å². The minimum Gasteiger partial charge on any atom is -0.379 e. The molecule has 126 valence electrons. The number of aryl methyl sites for hydroxylation is 2. The van der Waals surface area contributed by atoms with Gasteiger partial charge in [-0.25, -0.2) is 0 Å². The molecule has 1 aromatic carbocycles. The van der Waals surface area contributed by atoms with Gasteiger partial charge in [0.05, 0.1) is 23.9 Å². The fourth-order valence-corrected chi connectivity index (χ4v) is 3.44. The van der Waals surface area contributed by atoms with Gasteiger partial charge < -0.3 is 9.72 Å². The Hall–Kier alpha value is -1.89. The van der Waals surface area contributed by atoms with Crippen LogP contribution in [0.5, 0.6) is 0 Å². The first-order valence-electron chi connectivity index (χ1n) is 8.23. The molecule has 0 bridgehead atoms. The zero-order valence-corrected chi connectivity index (χ0v) is 14.2. The molecule has 1 aliphatic rings. The molecule has 0 spiro atoms. The molecule has 3 aromatic rings. The Labute approximate surface area is 145 Å². The maximum atomic E-state index is 6.33. The summed E-state index contributed by atoms with van der Waals surface area (Å²) in [4.78, 5) is 5.62. The van der Waals surface area contributed by atoms with E-state index in [-0.39, 0.29) is 0 Å². The van der Waals surface area contributed by atoms with Crippen LogP contribution in [0.25, 0.3) is 10.9 Å². The topological polar surface area (TPSA) is 59.0 Å². The average molecular weight is 346 g/mol. The zero-order chi connectivity index (χ0) is 16.4. The van der Waals surface area contributed by atoms with Crippen LogP contribution < -0.4 is 0 Å². The third-order valence-electron chi connectivity index (χ3n) is 4.42. The fraction of sp³-hybridized carbons (Fsp3) is 0.412. The highest BCUT2D eigenvalue weighted by molar-refractivity contribution is 6.35. The Bertz CT molecular complexity index is 821. The SMILES string of the molecule is Clc1cccc2[nH]cc(CCn3cc(CN4CCOCC4)nn3)c12. The molecule has 0 atom stereocenters. The first-order chi connectivity index (χ1) is 11.8. The number of ether oxygens (including phenoxy) is 1.